The number of carbonyl (C=O) groups is 1. The van der Waals surface area contributed by atoms with Crippen LogP contribution in [0.15, 0.2) is 23.3 Å². The largest absolute Gasteiger partial charge is 0.469 e. The average molecular weight is 280 g/mol. The molecule has 0 aromatic rings. The van der Waals surface area contributed by atoms with Crippen molar-refractivity contribution >= 4 is 5.97 Å². The van der Waals surface area contributed by atoms with Gasteiger partial charge in [-0.25, -0.2) is 0 Å². The summed E-state index contributed by atoms with van der Waals surface area (Å²) in [7, 11) is 1.42. The van der Waals surface area contributed by atoms with Crippen molar-refractivity contribution in [2.24, 2.45) is 0 Å². The van der Waals surface area contributed by atoms with E-state index in [4.69, 9.17) is 4.74 Å². The van der Waals surface area contributed by atoms with E-state index in [0.29, 0.717) is 12.5 Å². The second kappa shape index (κ2) is 7.63. The van der Waals surface area contributed by atoms with Crippen molar-refractivity contribution in [2.45, 2.75) is 71.5 Å². The highest BCUT2D eigenvalue weighted by Crippen LogP contribution is 2.38. The highest BCUT2D eigenvalue weighted by atomic mass is 16.6. The number of allylic oxidation sites excluding steroid dienone is 3. The summed E-state index contributed by atoms with van der Waals surface area (Å²) < 4.78 is 10.2. The Labute approximate surface area is 123 Å². The molecule has 1 aliphatic heterocycles. The minimum atomic E-state index is -0.178. The third-order valence-corrected chi connectivity index (χ3v) is 3.84. The summed E-state index contributed by atoms with van der Waals surface area (Å²) in [6, 6.07) is 0. The monoisotopic (exact) mass is 280 g/mol. The van der Waals surface area contributed by atoms with Gasteiger partial charge < -0.3 is 9.47 Å². The standard InChI is InChI=1S/C17H28O3/c1-13(9-11-15-17(3,4)20-15)7-6-8-14(2)10-12-16(18)19-5/h7,10,15H,6,8-9,11-12H2,1-5H3/b13-7+,14-10+/t15-/m1/s1. The second-order valence-electron chi connectivity index (χ2n) is 6.17. The number of esters is 1. The van der Waals surface area contributed by atoms with E-state index in [1.54, 1.807) is 0 Å². The highest BCUT2D eigenvalue weighted by molar-refractivity contribution is 5.71. The van der Waals surface area contributed by atoms with Crippen LogP contribution in [0.25, 0.3) is 0 Å². The van der Waals surface area contributed by atoms with Gasteiger partial charge in [0.25, 0.3) is 0 Å². The quantitative estimate of drug-likeness (QED) is 0.380. The molecule has 1 heterocycles. The fourth-order valence-corrected chi connectivity index (χ4v) is 2.19. The lowest BCUT2D eigenvalue weighted by Crippen LogP contribution is -2.02. The molecule has 1 rings (SSSR count). The molecule has 20 heavy (non-hydrogen) atoms. The molecule has 3 nitrogen and oxygen atoms in total. The number of hydrogen-bond acceptors (Lipinski definition) is 3. The van der Waals surface area contributed by atoms with Crippen LogP contribution in [0.1, 0.15) is 59.8 Å². The summed E-state index contributed by atoms with van der Waals surface area (Å²) in [5, 5.41) is 0. The Morgan fingerprint density at radius 3 is 2.35 bits per heavy atom. The first-order valence-electron chi connectivity index (χ1n) is 7.41. The van der Waals surface area contributed by atoms with Crippen LogP contribution in [0.4, 0.5) is 0 Å². The molecular weight excluding hydrogens is 252 g/mol. The van der Waals surface area contributed by atoms with E-state index < -0.39 is 0 Å². The molecular formula is C17H28O3. The summed E-state index contributed by atoms with van der Waals surface area (Å²) in [6.45, 7) is 8.54. The Morgan fingerprint density at radius 1 is 1.20 bits per heavy atom. The predicted octanol–water partition coefficient (Wildman–Crippen LogP) is 4.18. The van der Waals surface area contributed by atoms with Crippen LogP contribution in [0, 0.1) is 0 Å². The predicted molar refractivity (Wildman–Crippen MR) is 81.6 cm³/mol. The molecule has 1 fully saturated rings. The zero-order valence-electron chi connectivity index (χ0n) is 13.5. The normalized spacial score (nSPS) is 21.8. The number of hydrogen-bond donors (Lipinski definition) is 0. The molecule has 114 valence electrons. The summed E-state index contributed by atoms with van der Waals surface area (Å²) >= 11 is 0. The molecule has 1 saturated heterocycles. The van der Waals surface area contributed by atoms with Gasteiger partial charge in [0, 0.05) is 0 Å². The van der Waals surface area contributed by atoms with Gasteiger partial charge in [-0.3, -0.25) is 4.79 Å². The molecule has 1 aliphatic rings. The highest BCUT2D eigenvalue weighted by Gasteiger charge is 2.46. The van der Waals surface area contributed by atoms with Gasteiger partial charge in [0.05, 0.1) is 25.2 Å². The molecule has 0 unspecified atom stereocenters. The average Bonchev–Trinajstić information content (AvgIpc) is 3.01. The molecule has 0 bridgehead atoms. The van der Waals surface area contributed by atoms with Gasteiger partial charge in [0.2, 0.25) is 0 Å². The smallest absolute Gasteiger partial charge is 0.309 e. The third kappa shape index (κ3) is 6.38. The number of ether oxygens (including phenoxy) is 2. The first-order chi connectivity index (χ1) is 9.35. The van der Waals surface area contributed by atoms with Crippen molar-refractivity contribution in [1.29, 1.82) is 0 Å². The Bertz CT molecular complexity index is 391. The van der Waals surface area contributed by atoms with Crippen molar-refractivity contribution in [3.8, 4) is 0 Å². The van der Waals surface area contributed by atoms with E-state index in [-0.39, 0.29) is 11.6 Å². The zero-order chi connectivity index (χ0) is 15.2. The number of epoxide rings is 1. The minimum Gasteiger partial charge on any atom is -0.469 e. The molecule has 1 atom stereocenters. The maximum atomic E-state index is 11.0. The lowest BCUT2D eigenvalue weighted by Gasteiger charge is -2.02. The van der Waals surface area contributed by atoms with Gasteiger partial charge in [-0.2, -0.15) is 0 Å². The third-order valence-electron chi connectivity index (χ3n) is 3.84. The van der Waals surface area contributed by atoms with Gasteiger partial charge in [-0.05, 0) is 53.4 Å². The van der Waals surface area contributed by atoms with Crippen LogP contribution in [0.2, 0.25) is 0 Å². The fourth-order valence-electron chi connectivity index (χ4n) is 2.19. The maximum absolute atomic E-state index is 11.0. The van der Waals surface area contributed by atoms with Gasteiger partial charge in [0.15, 0.2) is 0 Å². The van der Waals surface area contributed by atoms with Crippen molar-refractivity contribution in [2.75, 3.05) is 7.11 Å². The van der Waals surface area contributed by atoms with Crippen LogP contribution < -0.4 is 0 Å². The molecule has 0 saturated carbocycles. The van der Waals surface area contributed by atoms with Crippen molar-refractivity contribution in [3.05, 3.63) is 23.3 Å². The lowest BCUT2D eigenvalue weighted by molar-refractivity contribution is -0.139. The van der Waals surface area contributed by atoms with Crippen molar-refractivity contribution in [3.63, 3.8) is 0 Å². The van der Waals surface area contributed by atoms with Gasteiger partial charge in [-0.15, -0.1) is 0 Å². The molecule has 3 heteroatoms. The van der Waals surface area contributed by atoms with Gasteiger partial charge >= 0.3 is 5.97 Å². The molecule has 0 aromatic heterocycles. The molecule has 0 spiro atoms. The van der Waals surface area contributed by atoms with E-state index in [0.717, 1.165) is 25.7 Å². The summed E-state index contributed by atoms with van der Waals surface area (Å²) in [5.41, 5.74) is 2.77. The topological polar surface area (TPSA) is 38.8 Å². The maximum Gasteiger partial charge on any atom is 0.309 e. The number of methoxy groups -OCH3 is 1. The van der Waals surface area contributed by atoms with Crippen LogP contribution in [0.3, 0.4) is 0 Å². The van der Waals surface area contributed by atoms with Gasteiger partial charge in [-0.1, -0.05) is 23.3 Å². The van der Waals surface area contributed by atoms with Crippen LogP contribution in [-0.4, -0.2) is 24.8 Å². The fraction of sp³-hybridized carbons (Fsp3) is 0.706. The Hall–Kier alpha value is -1.09. The summed E-state index contributed by atoms with van der Waals surface area (Å²) in [4.78, 5) is 11.0. The SMILES string of the molecule is COC(=O)C/C=C(\C)CC/C=C(\C)CC[C@H]1OC1(C)C. The van der Waals surface area contributed by atoms with E-state index in [9.17, 15) is 4.79 Å². The van der Waals surface area contributed by atoms with Crippen LogP contribution in [0.5, 0.6) is 0 Å². The van der Waals surface area contributed by atoms with Crippen molar-refractivity contribution in [1.82, 2.24) is 0 Å². The van der Waals surface area contributed by atoms with E-state index in [1.807, 2.05) is 6.08 Å². The van der Waals surface area contributed by atoms with E-state index in [2.05, 4.69) is 38.5 Å². The zero-order valence-corrected chi connectivity index (χ0v) is 13.5. The molecule has 0 radical (unpaired) electrons. The first kappa shape index (κ1) is 17.0. The number of carbonyl (C=O) groups excluding carboxylic acids is 1. The Morgan fingerprint density at radius 2 is 1.80 bits per heavy atom. The summed E-state index contributed by atoms with van der Waals surface area (Å²) in [6.07, 6.45) is 9.32. The molecule has 0 amide bonds. The number of rotatable bonds is 8. The lowest BCUT2D eigenvalue weighted by atomic mass is 10.0. The summed E-state index contributed by atoms with van der Waals surface area (Å²) in [5.74, 6) is -0.178. The molecule has 0 aliphatic carbocycles. The Kier molecular flexibility index (Phi) is 6.47. The Balaban J connectivity index is 2.17. The van der Waals surface area contributed by atoms with E-state index in [1.165, 1.54) is 18.3 Å². The van der Waals surface area contributed by atoms with Crippen LogP contribution >= 0.6 is 0 Å². The van der Waals surface area contributed by atoms with E-state index >= 15 is 0 Å². The van der Waals surface area contributed by atoms with Crippen LogP contribution in [-0.2, 0) is 14.3 Å². The second-order valence-corrected chi connectivity index (χ2v) is 6.17. The minimum absolute atomic E-state index is 0.105. The molecule has 0 aromatic carbocycles. The van der Waals surface area contributed by atoms with Crippen molar-refractivity contribution < 1.29 is 14.3 Å². The molecule has 0 N–H and O–H groups in total. The van der Waals surface area contributed by atoms with Gasteiger partial charge in [0.1, 0.15) is 0 Å². The first-order valence-corrected chi connectivity index (χ1v) is 7.41.